The Hall–Kier alpha value is -1.10. The topological polar surface area (TPSA) is 83.6 Å². The molecule has 0 spiro atoms. The maximum Gasteiger partial charge on any atom is 0.303 e. The molecule has 0 aromatic heterocycles. The molecular weight excluding hydrogens is 256 g/mol. The van der Waals surface area contributed by atoms with E-state index in [4.69, 9.17) is 10.8 Å². The Kier molecular flexibility index (Phi) is 5.19. The summed E-state index contributed by atoms with van der Waals surface area (Å²) in [6.45, 7) is 8.97. The summed E-state index contributed by atoms with van der Waals surface area (Å²) < 4.78 is 0. The number of carbonyl (C=O) groups is 2. The van der Waals surface area contributed by atoms with Crippen LogP contribution >= 0.6 is 0 Å². The minimum atomic E-state index is -0.741. The number of carbonyl (C=O) groups excluding carboxylic acids is 1. The largest absolute Gasteiger partial charge is 0.481 e. The molecule has 0 unspecified atom stereocenters. The fourth-order valence-corrected chi connectivity index (χ4v) is 2.42. The molecule has 5 heteroatoms. The Balaban J connectivity index is 2.53. The van der Waals surface area contributed by atoms with Crippen LogP contribution in [0.4, 0.5) is 0 Å². The van der Waals surface area contributed by atoms with Gasteiger partial charge >= 0.3 is 5.97 Å². The third kappa shape index (κ3) is 3.95. The predicted molar refractivity (Wildman–Crippen MR) is 78.2 cm³/mol. The van der Waals surface area contributed by atoms with E-state index >= 15 is 0 Å². The van der Waals surface area contributed by atoms with Crippen LogP contribution in [0.5, 0.6) is 0 Å². The molecule has 0 radical (unpaired) electrons. The number of carboxylic acid groups (broad SMARTS) is 1. The molecule has 1 heterocycles. The Labute approximate surface area is 121 Å². The molecule has 0 bridgehead atoms. The molecule has 5 nitrogen and oxygen atoms in total. The third-order valence-electron chi connectivity index (χ3n) is 4.81. The maximum absolute atomic E-state index is 12.6. The Morgan fingerprint density at radius 1 is 1.20 bits per heavy atom. The van der Waals surface area contributed by atoms with Gasteiger partial charge < -0.3 is 15.7 Å². The van der Waals surface area contributed by atoms with Crippen LogP contribution in [0, 0.1) is 11.3 Å². The number of carboxylic acids is 1. The molecule has 0 aromatic rings. The fraction of sp³-hybridized carbons (Fsp3) is 0.867. The van der Waals surface area contributed by atoms with Gasteiger partial charge in [-0.05, 0) is 52.9 Å². The Morgan fingerprint density at radius 3 is 2.10 bits per heavy atom. The zero-order valence-electron chi connectivity index (χ0n) is 13.1. The SMILES string of the molecule is CC(C)(N)C(C)(C)C(=O)N1CCC(CCC(=O)O)CC1. The summed E-state index contributed by atoms with van der Waals surface area (Å²) in [6.07, 6.45) is 2.71. The summed E-state index contributed by atoms with van der Waals surface area (Å²) in [5.41, 5.74) is 4.95. The Morgan fingerprint density at radius 2 is 1.70 bits per heavy atom. The number of nitrogens with zero attached hydrogens (tertiary/aromatic N) is 1. The lowest BCUT2D eigenvalue weighted by Crippen LogP contribution is -2.57. The van der Waals surface area contributed by atoms with Crippen LogP contribution in [0.15, 0.2) is 0 Å². The number of aliphatic carboxylic acids is 1. The van der Waals surface area contributed by atoms with Crippen molar-refractivity contribution in [3.05, 3.63) is 0 Å². The van der Waals surface area contributed by atoms with E-state index in [1.54, 1.807) is 0 Å². The van der Waals surface area contributed by atoms with Crippen molar-refractivity contribution in [2.24, 2.45) is 17.1 Å². The van der Waals surface area contributed by atoms with Crippen LogP contribution in [0.1, 0.15) is 53.4 Å². The highest BCUT2D eigenvalue weighted by Crippen LogP contribution is 2.32. The van der Waals surface area contributed by atoms with E-state index in [0.29, 0.717) is 25.4 Å². The van der Waals surface area contributed by atoms with Crippen molar-refractivity contribution in [2.45, 2.75) is 58.9 Å². The first-order chi connectivity index (χ1) is 9.05. The number of rotatable bonds is 5. The number of amides is 1. The molecule has 0 saturated carbocycles. The van der Waals surface area contributed by atoms with Gasteiger partial charge in [0.25, 0.3) is 0 Å². The lowest BCUT2D eigenvalue weighted by atomic mass is 9.73. The van der Waals surface area contributed by atoms with E-state index in [-0.39, 0.29) is 12.3 Å². The highest BCUT2D eigenvalue weighted by Gasteiger charge is 2.43. The van der Waals surface area contributed by atoms with Gasteiger partial charge in [-0.15, -0.1) is 0 Å². The second kappa shape index (κ2) is 6.12. The van der Waals surface area contributed by atoms with Crippen molar-refractivity contribution in [1.29, 1.82) is 0 Å². The second-order valence-corrected chi connectivity index (χ2v) is 7.01. The number of nitrogens with two attached hydrogens (primary N) is 1. The van der Waals surface area contributed by atoms with E-state index in [0.717, 1.165) is 12.8 Å². The van der Waals surface area contributed by atoms with Gasteiger partial charge in [0.15, 0.2) is 0 Å². The summed E-state index contributed by atoms with van der Waals surface area (Å²) in [5, 5.41) is 8.70. The quantitative estimate of drug-likeness (QED) is 0.807. The number of piperidine rings is 1. The van der Waals surface area contributed by atoms with Gasteiger partial charge in [-0.3, -0.25) is 9.59 Å². The zero-order valence-corrected chi connectivity index (χ0v) is 13.1. The van der Waals surface area contributed by atoms with Crippen molar-refractivity contribution < 1.29 is 14.7 Å². The van der Waals surface area contributed by atoms with Gasteiger partial charge in [-0.25, -0.2) is 0 Å². The van der Waals surface area contributed by atoms with E-state index in [2.05, 4.69) is 0 Å². The molecular formula is C15H28N2O3. The highest BCUT2D eigenvalue weighted by atomic mass is 16.4. The smallest absolute Gasteiger partial charge is 0.303 e. The third-order valence-corrected chi connectivity index (χ3v) is 4.81. The molecule has 0 aromatic carbocycles. The van der Waals surface area contributed by atoms with Gasteiger partial charge in [0.2, 0.25) is 5.91 Å². The molecule has 116 valence electrons. The van der Waals surface area contributed by atoms with Gasteiger partial charge in [-0.1, -0.05) is 0 Å². The Bertz CT molecular complexity index is 364. The molecule has 1 aliphatic heterocycles. The van der Waals surface area contributed by atoms with Crippen LogP contribution in [-0.2, 0) is 9.59 Å². The summed E-state index contributed by atoms with van der Waals surface area (Å²) in [6, 6.07) is 0. The molecule has 20 heavy (non-hydrogen) atoms. The van der Waals surface area contributed by atoms with Crippen molar-refractivity contribution in [2.75, 3.05) is 13.1 Å². The van der Waals surface area contributed by atoms with E-state index in [1.807, 2.05) is 32.6 Å². The van der Waals surface area contributed by atoms with Crippen LogP contribution in [0.2, 0.25) is 0 Å². The molecule has 0 atom stereocenters. The highest BCUT2D eigenvalue weighted by molar-refractivity contribution is 5.83. The van der Waals surface area contributed by atoms with Crippen LogP contribution < -0.4 is 5.73 Å². The molecule has 1 saturated heterocycles. The van der Waals surface area contributed by atoms with Crippen molar-refractivity contribution >= 4 is 11.9 Å². The monoisotopic (exact) mass is 284 g/mol. The van der Waals surface area contributed by atoms with E-state index in [9.17, 15) is 9.59 Å². The maximum atomic E-state index is 12.6. The van der Waals surface area contributed by atoms with Crippen molar-refractivity contribution in [1.82, 2.24) is 4.90 Å². The minimum Gasteiger partial charge on any atom is -0.481 e. The average Bonchev–Trinajstić information content (AvgIpc) is 2.34. The summed E-state index contributed by atoms with van der Waals surface area (Å²) in [5.74, 6) is -0.222. The summed E-state index contributed by atoms with van der Waals surface area (Å²) >= 11 is 0. The van der Waals surface area contributed by atoms with Crippen LogP contribution in [0.3, 0.4) is 0 Å². The molecule has 1 rings (SSSR count). The molecule has 1 amide bonds. The van der Waals surface area contributed by atoms with Gasteiger partial charge in [0, 0.05) is 25.0 Å². The van der Waals surface area contributed by atoms with Crippen molar-refractivity contribution in [3.8, 4) is 0 Å². The predicted octanol–water partition coefficient (Wildman–Crippen LogP) is 1.85. The first-order valence-corrected chi connectivity index (χ1v) is 7.35. The number of likely N-dealkylation sites (tertiary alicyclic amines) is 1. The first-order valence-electron chi connectivity index (χ1n) is 7.35. The van der Waals surface area contributed by atoms with Gasteiger partial charge in [-0.2, -0.15) is 0 Å². The minimum absolute atomic E-state index is 0.0988. The van der Waals surface area contributed by atoms with E-state index in [1.165, 1.54) is 0 Å². The average molecular weight is 284 g/mol. The molecule has 3 N–H and O–H groups in total. The molecule has 0 aliphatic carbocycles. The summed E-state index contributed by atoms with van der Waals surface area (Å²) in [7, 11) is 0. The first kappa shape index (κ1) is 17.0. The van der Waals surface area contributed by atoms with Gasteiger partial charge in [0.05, 0.1) is 5.41 Å². The normalized spacial score (nSPS) is 18.1. The zero-order chi connectivity index (χ0) is 15.6. The van der Waals surface area contributed by atoms with E-state index < -0.39 is 16.9 Å². The lowest BCUT2D eigenvalue weighted by Gasteiger charge is -2.42. The summed E-state index contributed by atoms with van der Waals surface area (Å²) in [4.78, 5) is 25.0. The molecule has 1 fully saturated rings. The van der Waals surface area contributed by atoms with Crippen LogP contribution in [0.25, 0.3) is 0 Å². The fourth-order valence-electron chi connectivity index (χ4n) is 2.42. The standard InChI is InChI=1S/C15H28N2O3/c1-14(2,15(3,4)16)13(20)17-9-7-11(8-10-17)5-6-12(18)19/h11H,5-10,16H2,1-4H3,(H,18,19). The molecule has 1 aliphatic rings. The van der Waals surface area contributed by atoms with Crippen LogP contribution in [-0.4, -0.2) is 40.5 Å². The van der Waals surface area contributed by atoms with Gasteiger partial charge in [0.1, 0.15) is 0 Å². The van der Waals surface area contributed by atoms with Crippen molar-refractivity contribution in [3.63, 3.8) is 0 Å². The second-order valence-electron chi connectivity index (χ2n) is 7.01. The lowest BCUT2D eigenvalue weighted by molar-refractivity contribution is -0.145. The number of hydrogen-bond acceptors (Lipinski definition) is 3. The number of hydrogen-bond donors (Lipinski definition) is 2.